The fourth-order valence-corrected chi connectivity index (χ4v) is 4.12. The van der Waals surface area contributed by atoms with E-state index in [0.29, 0.717) is 19.8 Å². The molecule has 2 rings (SSSR count). The van der Waals surface area contributed by atoms with Gasteiger partial charge in [0.15, 0.2) is 0 Å². The van der Waals surface area contributed by atoms with E-state index in [-0.39, 0.29) is 12.1 Å². The molecule has 0 amide bonds. The number of ether oxygens (including phenoxy) is 2. The van der Waals surface area contributed by atoms with Crippen LogP contribution in [0.25, 0.3) is 0 Å². The fourth-order valence-electron chi connectivity index (χ4n) is 4.12. The van der Waals surface area contributed by atoms with Crippen LogP contribution >= 0.6 is 0 Å². The van der Waals surface area contributed by atoms with Crippen molar-refractivity contribution >= 4 is 0 Å². The zero-order valence-electron chi connectivity index (χ0n) is 19.7. The van der Waals surface area contributed by atoms with E-state index in [2.05, 4.69) is 17.2 Å². The Bertz CT molecular complexity index is 555. The van der Waals surface area contributed by atoms with Gasteiger partial charge in [0.1, 0.15) is 11.8 Å². The molecule has 0 aliphatic carbocycles. The fraction of sp³-hybridized carbons (Fsp3) is 0.917. The molecule has 0 spiro atoms. The Morgan fingerprint density at radius 2 is 1.58 bits per heavy atom. The van der Waals surface area contributed by atoms with Crippen LogP contribution < -0.4 is 5.73 Å². The van der Waals surface area contributed by atoms with Gasteiger partial charge in [0.25, 0.3) is 0 Å². The highest BCUT2D eigenvalue weighted by molar-refractivity contribution is 4.90. The van der Waals surface area contributed by atoms with E-state index in [9.17, 15) is 5.11 Å². The molecule has 2 heterocycles. The van der Waals surface area contributed by atoms with Gasteiger partial charge in [-0.1, -0.05) is 95.6 Å². The molecule has 0 radical (unpaired) electrons. The van der Waals surface area contributed by atoms with Crippen LogP contribution in [0.3, 0.4) is 0 Å². The number of hydrogen-bond acceptors (Lipinski definition) is 6. The van der Waals surface area contributed by atoms with Crippen molar-refractivity contribution in [2.24, 2.45) is 5.73 Å². The lowest BCUT2D eigenvalue weighted by Gasteiger charge is -2.14. The van der Waals surface area contributed by atoms with Crippen molar-refractivity contribution in [2.75, 3.05) is 13.2 Å². The van der Waals surface area contributed by atoms with Crippen molar-refractivity contribution in [1.29, 1.82) is 0 Å². The third-order valence-electron chi connectivity index (χ3n) is 6.18. The topological polar surface area (TPSA) is 95.4 Å². The van der Waals surface area contributed by atoms with Gasteiger partial charge in [-0.25, -0.2) is 0 Å². The molecule has 3 N–H and O–H groups in total. The number of hydrogen-bond donors (Lipinski definition) is 2. The van der Waals surface area contributed by atoms with Gasteiger partial charge in [0, 0.05) is 6.54 Å². The van der Waals surface area contributed by atoms with Gasteiger partial charge in [-0.15, -0.1) is 5.10 Å². The minimum absolute atomic E-state index is 0.320. The summed E-state index contributed by atoms with van der Waals surface area (Å²) in [4.78, 5) is 0. The Morgan fingerprint density at radius 1 is 1.00 bits per heavy atom. The van der Waals surface area contributed by atoms with Crippen LogP contribution in [-0.4, -0.2) is 51.6 Å². The molecule has 7 nitrogen and oxygen atoms in total. The van der Waals surface area contributed by atoms with Crippen LogP contribution in [0.5, 0.6) is 0 Å². The number of aryl methyl sites for hydroxylation is 1. The maximum Gasteiger partial charge on any atom is 0.108 e. The van der Waals surface area contributed by atoms with Gasteiger partial charge in [0.05, 0.1) is 38.2 Å². The Kier molecular flexibility index (Phi) is 14.0. The van der Waals surface area contributed by atoms with Crippen LogP contribution in [0.15, 0.2) is 6.20 Å². The molecular weight excluding hydrogens is 392 g/mol. The molecule has 0 unspecified atom stereocenters. The summed E-state index contributed by atoms with van der Waals surface area (Å²) in [6, 6.07) is -0.320. The normalized spacial score (nSPS) is 21.2. The quantitative estimate of drug-likeness (QED) is 0.312. The first-order valence-electron chi connectivity index (χ1n) is 12.7. The van der Waals surface area contributed by atoms with Crippen LogP contribution in [0, 0.1) is 0 Å². The van der Waals surface area contributed by atoms with E-state index < -0.39 is 6.10 Å². The number of aliphatic hydroxyl groups is 1. The maximum atomic E-state index is 9.85. The lowest BCUT2D eigenvalue weighted by molar-refractivity contribution is -0.0299. The Morgan fingerprint density at radius 3 is 2.13 bits per heavy atom. The number of nitrogens with zero attached hydrogens (tertiary/aromatic N) is 3. The van der Waals surface area contributed by atoms with Gasteiger partial charge in [-0.05, 0) is 6.42 Å². The average molecular weight is 439 g/mol. The van der Waals surface area contributed by atoms with Crippen LogP contribution in [0.4, 0.5) is 0 Å². The molecule has 0 aromatic carbocycles. The van der Waals surface area contributed by atoms with Crippen molar-refractivity contribution in [1.82, 2.24) is 15.0 Å². The molecule has 180 valence electrons. The van der Waals surface area contributed by atoms with Gasteiger partial charge < -0.3 is 20.3 Å². The van der Waals surface area contributed by atoms with E-state index in [1.54, 1.807) is 0 Å². The molecule has 1 aliphatic heterocycles. The molecule has 31 heavy (non-hydrogen) atoms. The second kappa shape index (κ2) is 16.6. The monoisotopic (exact) mass is 438 g/mol. The molecule has 1 aromatic rings. The molecule has 1 aromatic heterocycles. The average Bonchev–Trinajstić information content (AvgIpc) is 3.35. The van der Waals surface area contributed by atoms with Gasteiger partial charge >= 0.3 is 0 Å². The Balaban J connectivity index is 1.37. The Hall–Kier alpha value is -1.02. The molecule has 1 fully saturated rings. The summed E-state index contributed by atoms with van der Waals surface area (Å²) in [5.41, 5.74) is 6.53. The summed E-state index contributed by atoms with van der Waals surface area (Å²) >= 11 is 0. The summed E-state index contributed by atoms with van der Waals surface area (Å²) in [7, 11) is 0. The molecule has 0 saturated carbocycles. The third kappa shape index (κ3) is 11.4. The zero-order valence-corrected chi connectivity index (χ0v) is 19.7. The highest BCUT2D eigenvalue weighted by Gasteiger charge is 2.33. The molecule has 1 aliphatic rings. The summed E-state index contributed by atoms with van der Waals surface area (Å²) in [6.07, 6.45) is 20.1. The first-order valence-corrected chi connectivity index (χ1v) is 12.7. The van der Waals surface area contributed by atoms with E-state index in [0.717, 1.165) is 18.7 Å². The van der Waals surface area contributed by atoms with E-state index in [1.165, 1.54) is 83.5 Å². The van der Waals surface area contributed by atoms with Crippen LogP contribution in [0.2, 0.25) is 0 Å². The number of rotatable bonds is 19. The van der Waals surface area contributed by atoms with E-state index in [1.807, 2.05) is 10.9 Å². The smallest absolute Gasteiger partial charge is 0.108 e. The second-order valence-corrected chi connectivity index (χ2v) is 9.11. The van der Waals surface area contributed by atoms with Gasteiger partial charge in [0.2, 0.25) is 0 Å². The molecule has 0 bridgehead atoms. The molecule has 3 atom stereocenters. The summed E-state index contributed by atoms with van der Waals surface area (Å²) in [5.74, 6) is 0. The maximum absolute atomic E-state index is 9.85. The van der Waals surface area contributed by atoms with Gasteiger partial charge in [-0.2, -0.15) is 0 Å². The van der Waals surface area contributed by atoms with Crippen LogP contribution in [0.1, 0.15) is 103 Å². The molecular formula is C24H46N4O3. The second-order valence-electron chi connectivity index (χ2n) is 9.11. The zero-order chi connectivity index (χ0) is 22.2. The number of unbranched alkanes of at least 4 members (excludes halogenated alkanes) is 13. The van der Waals surface area contributed by atoms with Crippen molar-refractivity contribution in [3.8, 4) is 0 Å². The van der Waals surface area contributed by atoms with Crippen molar-refractivity contribution in [2.45, 2.75) is 128 Å². The van der Waals surface area contributed by atoms with Crippen LogP contribution in [-0.2, 0) is 22.6 Å². The van der Waals surface area contributed by atoms with Crippen molar-refractivity contribution in [3.63, 3.8) is 0 Å². The molecule has 7 heteroatoms. The van der Waals surface area contributed by atoms with Gasteiger partial charge in [-0.3, -0.25) is 4.68 Å². The minimum atomic E-state index is -0.656. The SMILES string of the molecule is CCCCCCCCCCCCCCCCn1cc(COC[C@@H]2OC[C@H](N)[C@H]2O)nn1. The standard InChI is InChI=1S/C24H46N4O3/c1-2-3-4-5-6-7-8-9-10-11-12-13-14-15-16-28-17-21(26-27-28)18-30-20-23-24(29)22(25)19-31-23/h17,22-24,29H,2-16,18-20,25H2,1H3/t22-,23-,24+/m0/s1. The molecule has 1 saturated heterocycles. The first-order chi connectivity index (χ1) is 15.2. The first kappa shape index (κ1) is 26.2. The Labute approximate surface area is 189 Å². The summed E-state index contributed by atoms with van der Waals surface area (Å²) < 4.78 is 12.9. The lowest BCUT2D eigenvalue weighted by atomic mass is 10.0. The number of nitrogens with two attached hydrogens (primary N) is 1. The minimum Gasteiger partial charge on any atom is -0.389 e. The predicted molar refractivity (Wildman–Crippen MR) is 124 cm³/mol. The van der Waals surface area contributed by atoms with E-state index in [4.69, 9.17) is 15.2 Å². The van der Waals surface area contributed by atoms with Crippen molar-refractivity contribution in [3.05, 3.63) is 11.9 Å². The third-order valence-corrected chi connectivity index (χ3v) is 6.18. The largest absolute Gasteiger partial charge is 0.389 e. The predicted octanol–water partition coefficient (Wildman–Crippen LogP) is 4.36. The number of aliphatic hydroxyl groups excluding tert-OH is 1. The summed E-state index contributed by atoms with van der Waals surface area (Å²) in [6.45, 7) is 4.26. The highest BCUT2D eigenvalue weighted by atomic mass is 16.5. The van der Waals surface area contributed by atoms with E-state index >= 15 is 0 Å². The van der Waals surface area contributed by atoms with Crippen molar-refractivity contribution < 1.29 is 14.6 Å². The summed E-state index contributed by atoms with van der Waals surface area (Å²) in [5, 5.41) is 18.2. The lowest BCUT2D eigenvalue weighted by Crippen LogP contribution is -2.38. The highest BCUT2D eigenvalue weighted by Crippen LogP contribution is 2.14. The number of aromatic nitrogens is 3.